The zero-order valence-electron chi connectivity index (χ0n) is 9.96. The summed E-state index contributed by atoms with van der Waals surface area (Å²) < 4.78 is 24.1. The van der Waals surface area contributed by atoms with E-state index in [0.29, 0.717) is 26.2 Å². The predicted molar refractivity (Wildman–Crippen MR) is 68.9 cm³/mol. The highest BCUT2D eigenvalue weighted by molar-refractivity contribution is 7.88. The van der Waals surface area contributed by atoms with Crippen molar-refractivity contribution in [2.45, 2.75) is 0 Å². The molecule has 1 fully saturated rings. The minimum Gasteiger partial charge on any atom is -0.349 e. The van der Waals surface area contributed by atoms with Crippen LogP contribution in [0.1, 0.15) is 0 Å². The zero-order chi connectivity index (χ0) is 13.3. The molecule has 2 rings (SSSR count). The van der Waals surface area contributed by atoms with Gasteiger partial charge in [-0.1, -0.05) is 0 Å². The van der Waals surface area contributed by atoms with E-state index in [2.05, 4.69) is 9.97 Å². The van der Waals surface area contributed by atoms with Crippen molar-refractivity contribution in [1.82, 2.24) is 14.3 Å². The van der Waals surface area contributed by atoms with E-state index in [9.17, 15) is 13.2 Å². The summed E-state index contributed by atoms with van der Waals surface area (Å²) in [5, 5.41) is 0. The standard InChI is InChI=1S/C9H13BN4O3S/c1-18(16,17)14-4-2-13(3-5-14)8-9(15)11-6-7(10)12-8/h6H,2-5H2,1H3,(H,11,15). The molecule has 2 heterocycles. The maximum Gasteiger partial charge on any atom is 0.290 e. The first-order chi connectivity index (χ1) is 8.38. The summed E-state index contributed by atoms with van der Waals surface area (Å²) in [5.41, 5.74) is -0.0906. The van der Waals surface area contributed by atoms with Crippen LogP contribution in [0.4, 0.5) is 5.82 Å². The third kappa shape index (κ3) is 2.73. The summed E-state index contributed by atoms with van der Waals surface area (Å²) in [6.45, 7) is 1.53. The Bertz CT molecular complexity index is 592. The normalized spacial score (nSPS) is 17.9. The fourth-order valence-electron chi connectivity index (χ4n) is 1.86. The molecule has 1 N–H and O–H groups in total. The minimum absolute atomic E-state index is 0.232. The number of piperazine rings is 1. The molecule has 0 aliphatic carbocycles. The van der Waals surface area contributed by atoms with Gasteiger partial charge in [-0.15, -0.1) is 0 Å². The molecular formula is C9H13BN4O3S. The van der Waals surface area contributed by atoms with E-state index in [4.69, 9.17) is 7.85 Å². The van der Waals surface area contributed by atoms with Crippen LogP contribution in [0.2, 0.25) is 0 Å². The number of hydrogen-bond donors (Lipinski definition) is 1. The van der Waals surface area contributed by atoms with E-state index in [-0.39, 0.29) is 17.0 Å². The number of aromatic amines is 1. The molecule has 0 atom stereocenters. The maximum absolute atomic E-state index is 11.6. The van der Waals surface area contributed by atoms with E-state index in [0.717, 1.165) is 0 Å². The van der Waals surface area contributed by atoms with Gasteiger partial charge < -0.3 is 9.88 Å². The van der Waals surface area contributed by atoms with E-state index in [1.165, 1.54) is 16.8 Å². The number of hydrogen-bond acceptors (Lipinski definition) is 5. The van der Waals surface area contributed by atoms with Crippen molar-refractivity contribution in [2.24, 2.45) is 0 Å². The molecule has 0 amide bonds. The summed E-state index contributed by atoms with van der Waals surface area (Å²) in [6, 6.07) is 0. The van der Waals surface area contributed by atoms with Gasteiger partial charge in [-0.25, -0.2) is 13.4 Å². The topological polar surface area (TPSA) is 86.4 Å². The van der Waals surface area contributed by atoms with Gasteiger partial charge in [0.1, 0.15) is 7.85 Å². The third-order valence-corrected chi connectivity index (χ3v) is 4.10. The van der Waals surface area contributed by atoms with Crippen LogP contribution in [0.5, 0.6) is 0 Å². The summed E-state index contributed by atoms with van der Waals surface area (Å²) >= 11 is 0. The Kier molecular flexibility index (Phi) is 3.44. The molecule has 1 aliphatic rings. The second kappa shape index (κ2) is 4.73. The Morgan fingerprint density at radius 1 is 1.33 bits per heavy atom. The van der Waals surface area contributed by atoms with Crippen LogP contribution in [0, 0.1) is 0 Å². The van der Waals surface area contributed by atoms with Gasteiger partial charge in [-0.3, -0.25) is 4.79 Å². The zero-order valence-corrected chi connectivity index (χ0v) is 10.8. The van der Waals surface area contributed by atoms with Crippen LogP contribution >= 0.6 is 0 Å². The molecule has 0 unspecified atom stereocenters. The van der Waals surface area contributed by atoms with Crippen molar-refractivity contribution in [3.63, 3.8) is 0 Å². The second-order valence-electron chi connectivity index (χ2n) is 4.13. The summed E-state index contributed by atoms with van der Waals surface area (Å²) in [7, 11) is 2.34. The number of rotatable bonds is 2. The Balaban J connectivity index is 2.15. The largest absolute Gasteiger partial charge is 0.349 e. The molecule has 0 aromatic carbocycles. The molecule has 0 saturated carbocycles. The summed E-state index contributed by atoms with van der Waals surface area (Å²) in [6.07, 6.45) is 2.51. The van der Waals surface area contributed by atoms with Crippen LogP contribution < -0.4 is 16.1 Å². The molecule has 7 nitrogen and oxygen atoms in total. The number of H-pyrrole nitrogens is 1. The van der Waals surface area contributed by atoms with Gasteiger partial charge in [0.25, 0.3) is 5.56 Å². The van der Waals surface area contributed by atoms with Crippen molar-refractivity contribution >= 4 is 29.3 Å². The van der Waals surface area contributed by atoms with Crippen molar-refractivity contribution in [3.8, 4) is 0 Å². The van der Waals surface area contributed by atoms with Gasteiger partial charge >= 0.3 is 0 Å². The van der Waals surface area contributed by atoms with Gasteiger partial charge in [0.05, 0.1) is 6.26 Å². The first kappa shape index (κ1) is 13.1. The third-order valence-electron chi connectivity index (χ3n) is 2.80. The quantitative estimate of drug-likeness (QED) is 0.607. The lowest BCUT2D eigenvalue weighted by Gasteiger charge is -2.33. The molecule has 1 aromatic rings. The van der Waals surface area contributed by atoms with Gasteiger partial charge in [0.2, 0.25) is 10.0 Å². The van der Waals surface area contributed by atoms with Crippen molar-refractivity contribution in [3.05, 3.63) is 16.6 Å². The molecule has 1 aliphatic heterocycles. The number of nitrogens with zero attached hydrogens (tertiary/aromatic N) is 3. The van der Waals surface area contributed by atoms with Gasteiger partial charge in [-0.2, -0.15) is 4.31 Å². The highest BCUT2D eigenvalue weighted by Gasteiger charge is 2.25. The Morgan fingerprint density at radius 2 is 1.94 bits per heavy atom. The average molecular weight is 268 g/mol. The fourth-order valence-corrected chi connectivity index (χ4v) is 2.68. The highest BCUT2D eigenvalue weighted by Crippen LogP contribution is 2.09. The van der Waals surface area contributed by atoms with Crippen molar-refractivity contribution < 1.29 is 8.42 Å². The Labute approximate surface area is 106 Å². The first-order valence-electron chi connectivity index (χ1n) is 5.43. The Morgan fingerprint density at radius 3 is 2.50 bits per heavy atom. The van der Waals surface area contributed by atoms with E-state index < -0.39 is 10.0 Å². The van der Waals surface area contributed by atoms with Gasteiger partial charge in [0.15, 0.2) is 5.82 Å². The SMILES string of the molecule is [B]c1c[nH]c(=O)c(N2CCN(S(C)(=O)=O)CC2)n1. The number of aromatic nitrogens is 2. The highest BCUT2D eigenvalue weighted by atomic mass is 32.2. The van der Waals surface area contributed by atoms with Crippen LogP contribution in [-0.2, 0) is 10.0 Å². The van der Waals surface area contributed by atoms with Gasteiger partial charge in [-0.05, 0) is 0 Å². The minimum atomic E-state index is -3.17. The van der Waals surface area contributed by atoms with E-state index in [1.807, 2.05) is 0 Å². The molecule has 1 aromatic heterocycles. The van der Waals surface area contributed by atoms with Crippen molar-refractivity contribution in [1.29, 1.82) is 0 Å². The molecular weight excluding hydrogens is 255 g/mol. The molecule has 1 saturated heterocycles. The molecule has 96 valence electrons. The lowest BCUT2D eigenvalue weighted by Crippen LogP contribution is -2.50. The predicted octanol–water partition coefficient (Wildman–Crippen LogP) is -2.35. The number of sulfonamides is 1. The van der Waals surface area contributed by atoms with Crippen LogP contribution in [0.25, 0.3) is 0 Å². The van der Waals surface area contributed by atoms with E-state index in [1.54, 1.807) is 4.90 Å². The fraction of sp³-hybridized carbons (Fsp3) is 0.556. The van der Waals surface area contributed by atoms with Crippen LogP contribution in [0.15, 0.2) is 11.0 Å². The maximum atomic E-state index is 11.6. The van der Waals surface area contributed by atoms with Crippen LogP contribution in [0.3, 0.4) is 0 Å². The van der Waals surface area contributed by atoms with E-state index >= 15 is 0 Å². The summed E-state index contributed by atoms with van der Waals surface area (Å²) in [5.74, 6) is 0.239. The summed E-state index contributed by atoms with van der Waals surface area (Å²) in [4.78, 5) is 19.8. The average Bonchev–Trinajstić information content (AvgIpc) is 2.31. The molecule has 18 heavy (non-hydrogen) atoms. The van der Waals surface area contributed by atoms with Crippen LogP contribution in [-0.4, -0.2) is 63.0 Å². The number of anilines is 1. The molecule has 9 heteroatoms. The lowest BCUT2D eigenvalue weighted by molar-refractivity contribution is 0.386. The lowest BCUT2D eigenvalue weighted by atomic mass is 10.1. The van der Waals surface area contributed by atoms with Gasteiger partial charge in [0, 0.05) is 38.0 Å². The second-order valence-corrected chi connectivity index (χ2v) is 6.11. The molecule has 2 radical (unpaired) electrons. The first-order valence-corrected chi connectivity index (χ1v) is 7.28. The monoisotopic (exact) mass is 268 g/mol. The number of nitrogens with one attached hydrogen (secondary N) is 1. The molecule has 0 bridgehead atoms. The van der Waals surface area contributed by atoms with Crippen molar-refractivity contribution in [2.75, 3.05) is 37.3 Å². The Hall–Kier alpha value is -1.35. The molecule has 0 spiro atoms. The smallest absolute Gasteiger partial charge is 0.290 e.